The molecular formula is C18H13ClF3NO5. The van der Waals surface area contributed by atoms with Gasteiger partial charge in [-0.2, -0.15) is 13.2 Å². The van der Waals surface area contributed by atoms with E-state index in [0.717, 1.165) is 30.0 Å². The van der Waals surface area contributed by atoms with Crippen LogP contribution in [0, 0.1) is 0 Å². The van der Waals surface area contributed by atoms with Gasteiger partial charge in [-0.05, 0) is 37.3 Å². The number of likely N-dealkylation sites (N-methyl/N-ethyl adjacent to an activating group) is 1. The summed E-state index contributed by atoms with van der Waals surface area (Å²) in [6, 6.07) is 6.87. The molecule has 6 nitrogen and oxygen atoms in total. The predicted octanol–water partition coefficient (Wildman–Crippen LogP) is 4.35. The van der Waals surface area contributed by atoms with Gasteiger partial charge in [0.05, 0.1) is 16.3 Å². The Morgan fingerprint density at radius 2 is 1.93 bits per heavy atom. The first-order valence-electron chi connectivity index (χ1n) is 7.82. The summed E-state index contributed by atoms with van der Waals surface area (Å²) in [6.07, 6.45) is -4.54. The summed E-state index contributed by atoms with van der Waals surface area (Å²) < 4.78 is 49.1. The summed E-state index contributed by atoms with van der Waals surface area (Å²) in [5, 5.41) is 9.08. The Morgan fingerprint density at radius 1 is 1.25 bits per heavy atom. The summed E-state index contributed by atoms with van der Waals surface area (Å²) in [4.78, 5) is 24.9. The molecule has 1 amide bonds. The van der Waals surface area contributed by atoms with E-state index in [1.165, 1.54) is 25.2 Å². The molecule has 1 aliphatic rings. The molecule has 0 bridgehead atoms. The molecule has 0 aromatic heterocycles. The molecule has 0 aliphatic carbocycles. The van der Waals surface area contributed by atoms with Crippen LogP contribution in [0.2, 0.25) is 5.02 Å². The van der Waals surface area contributed by atoms with E-state index in [1.54, 1.807) is 0 Å². The summed E-state index contributed by atoms with van der Waals surface area (Å²) >= 11 is 5.87. The van der Waals surface area contributed by atoms with E-state index in [0.29, 0.717) is 5.69 Å². The number of carbonyl (C=O) groups is 2. The zero-order chi connectivity index (χ0) is 20.9. The van der Waals surface area contributed by atoms with Gasteiger partial charge in [0, 0.05) is 13.1 Å². The highest BCUT2D eigenvalue weighted by molar-refractivity contribution is 6.32. The van der Waals surface area contributed by atoms with Crippen molar-refractivity contribution in [1.82, 2.24) is 0 Å². The zero-order valence-electron chi connectivity index (χ0n) is 14.5. The standard InChI is InChI=1S/C18H13ClF3NO5/c1-17(16(25)26)15(24)23(2)12-5-4-10(8-14(12)28-17)27-13-6-3-9(7-11(13)19)18(20,21)22/h3-8H,1-2H3,(H,25,26). The fourth-order valence-corrected chi connectivity index (χ4v) is 2.85. The van der Waals surface area contributed by atoms with Crippen LogP contribution in [-0.4, -0.2) is 29.6 Å². The quantitative estimate of drug-likeness (QED) is 0.754. The van der Waals surface area contributed by atoms with Crippen molar-refractivity contribution in [3.05, 3.63) is 47.0 Å². The minimum absolute atomic E-state index is 0.0316. The Hall–Kier alpha value is -2.94. The molecule has 148 valence electrons. The second-order valence-electron chi connectivity index (χ2n) is 6.18. The Balaban J connectivity index is 1.93. The molecule has 2 aromatic carbocycles. The minimum atomic E-state index is -4.54. The number of fused-ring (bicyclic) bond motifs is 1. The van der Waals surface area contributed by atoms with Crippen LogP contribution in [0.25, 0.3) is 0 Å². The van der Waals surface area contributed by atoms with E-state index in [4.69, 9.17) is 21.1 Å². The van der Waals surface area contributed by atoms with E-state index in [9.17, 15) is 27.9 Å². The number of ether oxygens (including phenoxy) is 2. The number of carboxylic acids is 1. The van der Waals surface area contributed by atoms with E-state index in [1.807, 2.05) is 0 Å². The number of amides is 1. The molecule has 10 heteroatoms. The summed E-state index contributed by atoms with van der Waals surface area (Å²) in [5.74, 6) is -2.06. The molecule has 0 radical (unpaired) electrons. The number of anilines is 1. The van der Waals surface area contributed by atoms with Crippen molar-refractivity contribution in [2.24, 2.45) is 0 Å². The van der Waals surface area contributed by atoms with E-state index in [2.05, 4.69) is 0 Å². The number of halogens is 4. The van der Waals surface area contributed by atoms with Gasteiger partial charge < -0.3 is 19.5 Å². The van der Waals surface area contributed by atoms with Gasteiger partial charge in [0.25, 0.3) is 11.5 Å². The van der Waals surface area contributed by atoms with Gasteiger partial charge in [-0.15, -0.1) is 0 Å². The van der Waals surface area contributed by atoms with E-state index in [-0.39, 0.29) is 22.3 Å². The SMILES string of the molecule is CN1C(=O)C(C)(C(=O)O)Oc2cc(Oc3ccc(C(F)(F)F)cc3Cl)ccc21. The van der Waals surface area contributed by atoms with Crippen LogP contribution in [0.3, 0.4) is 0 Å². The third-order valence-electron chi connectivity index (χ3n) is 4.21. The van der Waals surface area contributed by atoms with Crippen molar-refractivity contribution in [2.75, 3.05) is 11.9 Å². The number of aliphatic carboxylic acids is 1. The number of carbonyl (C=O) groups excluding carboxylic acids is 1. The Labute approximate surface area is 162 Å². The maximum Gasteiger partial charge on any atom is 0.416 e. The highest BCUT2D eigenvalue weighted by atomic mass is 35.5. The molecule has 0 spiro atoms. The lowest BCUT2D eigenvalue weighted by Gasteiger charge is -2.36. The summed E-state index contributed by atoms with van der Waals surface area (Å²) in [5.41, 5.74) is -2.72. The second kappa shape index (κ2) is 6.59. The first-order valence-corrected chi connectivity index (χ1v) is 8.20. The van der Waals surface area contributed by atoms with E-state index >= 15 is 0 Å². The van der Waals surface area contributed by atoms with Crippen LogP contribution in [0.15, 0.2) is 36.4 Å². The lowest BCUT2D eigenvalue weighted by atomic mass is 10.0. The Kier molecular flexibility index (Phi) is 4.66. The normalized spacial score (nSPS) is 19.1. The van der Waals surface area contributed by atoms with Crippen molar-refractivity contribution in [1.29, 1.82) is 0 Å². The summed E-state index contributed by atoms with van der Waals surface area (Å²) in [6.45, 7) is 1.12. The van der Waals surface area contributed by atoms with Gasteiger partial charge in [0.1, 0.15) is 17.2 Å². The van der Waals surface area contributed by atoms with Gasteiger partial charge in [0.15, 0.2) is 0 Å². The number of hydrogen-bond donors (Lipinski definition) is 1. The number of alkyl halides is 3. The lowest BCUT2D eigenvalue weighted by molar-refractivity contribution is -0.160. The number of carboxylic acid groups (broad SMARTS) is 1. The van der Waals surface area contributed by atoms with Crippen molar-refractivity contribution in [2.45, 2.75) is 18.7 Å². The first kappa shape index (κ1) is 19.8. The molecule has 1 atom stereocenters. The molecule has 0 fully saturated rings. The molecule has 2 aromatic rings. The first-order chi connectivity index (χ1) is 12.9. The largest absolute Gasteiger partial charge is 0.478 e. The smallest absolute Gasteiger partial charge is 0.416 e. The fraction of sp³-hybridized carbons (Fsp3) is 0.222. The van der Waals surface area contributed by atoms with Crippen LogP contribution >= 0.6 is 11.6 Å². The van der Waals surface area contributed by atoms with Gasteiger partial charge in [-0.1, -0.05) is 11.6 Å². The molecular weight excluding hydrogens is 403 g/mol. The number of rotatable bonds is 3. The van der Waals surface area contributed by atoms with Gasteiger partial charge in [-0.3, -0.25) is 4.79 Å². The second-order valence-corrected chi connectivity index (χ2v) is 6.59. The van der Waals surface area contributed by atoms with Crippen LogP contribution in [-0.2, 0) is 15.8 Å². The molecule has 1 aliphatic heterocycles. The minimum Gasteiger partial charge on any atom is -0.478 e. The highest BCUT2D eigenvalue weighted by Crippen LogP contribution is 2.42. The highest BCUT2D eigenvalue weighted by Gasteiger charge is 2.50. The van der Waals surface area contributed by atoms with Crippen LogP contribution in [0.4, 0.5) is 18.9 Å². The fourth-order valence-electron chi connectivity index (χ4n) is 2.63. The molecule has 28 heavy (non-hydrogen) atoms. The Bertz CT molecular complexity index is 978. The number of hydrogen-bond acceptors (Lipinski definition) is 4. The average molecular weight is 416 g/mol. The van der Waals surface area contributed by atoms with Crippen LogP contribution in [0.1, 0.15) is 12.5 Å². The molecule has 1 unspecified atom stereocenters. The maximum absolute atomic E-state index is 12.7. The summed E-state index contributed by atoms with van der Waals surface area (Å²) in [7, 11) is 1.40. The predicted molar refractivity (Wildman–Crippen MR) is 93.0 cm³/mol. The van der Waals surface area contributed by atoms with Crippen molar-refractivity contribution in [3.8, 4) is 17.2 Å². The van der Waals surface area contributed by atoms with Crippen molar-refractivity contribution >= 4 is 29.2 Å². The maximum atomic E-state index is 12.7. The Morgan fingerprint density at radius 3 is 2.50 bits per heavy atom. The molecule has 3 rings (SSSR count). The third-order valence-corrected chi connectivity index (χ3v) is 4.51. The van der Waals surface area contributed by atoms with Crippen LogP contribution in [0.5, 0.6) is 17.2 Å². The number of benzene rings is 2. The molecule has 1 N–H and O–H groups in total. The van der Waals surface area contributed by atoms with Crippen LogP contribution < -0.4 is 14.4 Å². The van der Waals surface area contributed by atoms with Gasteiger partial charge in [-0.25, -0.2) is 4.79 Å². The monoisotopic (exact) mass is 415 g/mol. The molecule has 0 saturated heterocycles. The van der Waals surface area contributed by atoms with Gasteiger partial charge >= 0.3 is 12.1 Å². The zero-order valence-corrected chi connectivity index (χ0v) is 15.3. The van der Waals surface area contributed by atoms with Crippen molar-refractivity contribution < 1.29 is 37.3 Å². The van der Waals surface area contributed by atoms with Crippen molar-refractivity contribution in [3.63, 3.8) is 0 Å². The topological polar surface area (TPSA) is 76.1 Å². The third kappa shape index (κ3) is 3.33. The van der Waals surface area contributed by atoms with Gasteiger partial charge in [0.2, 0.25) is 0 Å². The average Bonchev–Trinajstić information content (AvgIpc) is 2.60. The molecule has 0 saturated carbocycles. The molecule has 1 heterocycles. The van der Waals surface area contributed by atoms with E-state index < -0.39 is 29.2 Å². The lowest BCUT2D eigenvalue weighted by Crippen LogP contribution is -2.57. The number of nitrogens with zero attached hydrogens (tertiary/aromatic N) is 1.